The highest BCUT2D eigenvalue weighted by Gasteiger charge is 2.26. The second-order valence-electron chi connectivity index (χ2n) is 5.59. The van der Waals surface area contributed by atoms with Crippen molar-refractivity contribution in [2.45, 2.75) is 25.4 Å². The van der Waals surface area contributed by atoms with Crippen LogP contribution in [-0.4, -0.2) is 36.0 Å². The molecule has 0 radical (unpaired) electrons. The summed E-state index contributed by atoms with van der Waals surface area (Å²) >= 11 is 1.68. The molecule has 0 saturated carbocycles. The number of carbonyl (C=O) groups excluding carboxylic acids is 1. The molecule has 0 unspecified atom stereocenters. The molecule has 2 heterocycles. The highest BCUT2D eigenvalue weighted by Crippen LogP contribution is 2.29. The maximum atomic E-state index is 12.7. The number of hydrogen-bond acceptors (Lipinski definition) is 4. The molecule has 1 aliphatic heterocycles. The molecule has 1 amide bonds. The quantitative estimate of drug-likeness (QED) is 0.869. The molecule has 22 heavy (non-hydrogen) atoms. The van der Waals surface area contributed by atoms with E-state index in [0.717, 1.165) is 42.1 Å². The molecule has 5 heteroatoms. The Bertz CT molecular complexity index is 627. The van der Waals surface area contributed by atoms with E-state index in [2.05, 4.69) is 4.98 Å². The average molecular weight is 316 g/mol. The second-order valence-corrected chi connectivity index (χ2v) is 6.52. The number of nitrogens with zero attached hydrogens (tertiary/aromatic N) is 2. The Kier molecular flexibility index (Phi) is 4.85. The van der Waals surface area contributed by atoms with Gasteiger partial charge in [-0.25, -0.2) is 4.98 Å². The second kappa shape index (κ2) is 7.03. The van der Waals surface area contributed by atoms with E-state index in [1.807, 2.05) is 40.7 Å². The molecular weight excluding hydrogens is 296 g/mol. The van der Waals surface area contributed by atoms with Crippen LogP contribution >= 0.6 is 11.3 Å². The summed E-state index contributed by atoms with van der Waals surface area (Å²) in [6.45, 7) is 2.12. The Balaban J connectivity index is 1.72. The van der Waals surface area contributed by atoms with Gasteiger partial charge in [0.05, 0.1) is 11.6 Å². The first-order chi connectivity index (χ1) is 10.8. The molecule has 4 nitrogen and oxygen atoms in total. The van der Waals surface area contributed by atoms with Crippen molar-refractivity contribution in [2.75, 3.05) is 20.2 Å². The normalized spacial score (nSPS) is 18.4. The Labute approximate surface area is 134 Å². The van der Waals surface area contributed by atoms with Crippen molar-refractivity contribution < 1.29 is 9.53 Å². The predicted octanol–water partition coefficient (Wildman–Crippen LogP) is 3.31. The number of likely N-dealkylation sites (tertiary alicyclic amines) is 1. The van der Waals surface area contributed by atoms with Gasteiger partial charge in [-0.05, 0) is 30.5 Å². The van der Waals surface area contributed by atoms with Gasteiger partial charge in [0.15, 0.2) is 0 Å². The number of aromatic nitrogens is 1. The zero-order valence-electron chi connectivity index (χ0n) is 12.7. The van der Waals surface area contributed by atoms with Gasteiger partial charge in [0, 0.05) is 43.3 Å². The molecule has 1 aromatic heterocycles. The van der Waals surface area contributed by atoms with Crippen LogP contribution in [0.1, 0.15) is 39.7 Å². The van der Waals surface area contributed by atoms with E-state index < -0.39 is 0 Å². The zero-order valence-corrected chi connectivity index (χ0v) is 13.5. The lowest BCUT2D eigenvalue weighted by molar-refractivity contribution is 0.0706. The van der Waals surface area contributed by atoms with Gasteiger partial charge in [-0.3, -0.25) is 4.79 Å². The number of amides is 1. The van der Waals surface area contributed by atoms with E-state index in [1.54, 1.807) is 18.4 Å². The molecule has 1 aliphatic rings. The fourth-order valence-corrected chi connectivity index (χ4v) is 3.71. The summed E-state index contributed by atoms with van der Waals surface area (Å²) in [7, 11) is 1.66. The molecule has 1 fully saturated rings. The topological polar surface area (TPSA) is 42.4 Å². The number of carbonyl (C=O) groups is 1. The number of thiazole rings is 1. The monoisotopic (exact) mass is 316 g/mol. The minimum atomic E-state index is 0.110. The van der Waals surface area contributed by atoms with Crippen molar-refractivity contribution in [3.05, 3.63) is 52.0 Å². The number of ether oxygens (including phenoxy) is 1. The van der Waals surface area contributed by atoms with E-state index in [1.165, 1.54) is 0 Å². The average Bonchev–Trinajstić information content (AvgIpc) is 3.09. The van der Waals surface area contributed by atoms with Crippen molar-refractivity contribution in [1.29, 1.82) is 0 Å². The van der Waals surface area contributed by atoms with Crippen LogP contribution in [0.5, 0.6) is 0 Å². The van der Waals surface area contributed by atoms with Gasteiger partial charge in [-0.1, -0.05) is 12.1 Å². The molecule has 0 aliphatic carbocycles. The smallest absolute Gasteiger partial charge is 0.253 e. The first kappa shape index (κ1) is 15.2. The van der Waals surface area contributed by atoms with Gasteiger partial charge in [0.2, 0.25) is 0 Å². The van der Waals surface area contributed by atoms with E-state index in [9.17, 15) is 4.79 Å². The fourth-order valence-electron chi connectivity index (χ4n) is 2.94. The van der Waals surface area contributed by atoms with E-state index in [-0.39, 0.29) is 5.91 Å². The van der Waals surface area contributed by atoms with Crippen LogP contribution < -0.4 is 0 Å². The lowest BCUT2D eigenvalue weighted by atomic mass is 9.98. The Morgan fingerprint density at radius 2 is 2.41 bits per heavy atom. The van der Waals surface area contributed by atoms with Crippen molar-refractivity contribution in [2.24, 2.45) is 0 Å². The highest BCUT2D eigenvalue weighted by molar-refractivity contribution is 7.09. The Morgan fingerprint density at radius 1 is 1.50 bits per heavy atom. The van der Waals surface area contributed by atoms with Crippen molar-refractivity contribution >= 4 is 17.2 Å². The molecule has 0 bridgehead atoms. The van der Waals surface area contributed by atoms with Gasteiger partial charge >= 0.3 is 0 Å². The molecule has 116 valence electrons. The highest BCUT2D eigenvalue weighted by atomic mass is 32.1. The van der Waals surface area contributed by atoms with Crippen LogP contribution in [0, 0.1) is 0 Å². The lowest BCUT2D eigenvalue weighted by Crippen LogP contribution is -2.39. The van der Waals surface area contributed by atoms with Crippen LogP contribution in [0.15, 0.2) is 35.8 Å². The van der Waals surface area contributed by atoms with Crippen molar-refractivity contribution in [3.8, 4) is 0 Å². The number of benzene rings is 1. The molecule has 0 spiro atoms. The van der Waals surface area contributed by atoms with Gasteiger partial charge in [-0.2, -0.15) is 0 Å². The number of methoxy groups -OCH3 is 1. The summed E-state index contributed by atoms with van der Waals surface area (Å²) in [4.78, 5) is 19.1. The van der Waals surface area contributed by atoms with Gasteiger partial charge in [-0.15, -0.1) is 11.3 Å². The third-order valence-electron chi connectivity index (χ3n) is 3.99. The fraction of sp³-hybridized carbons (Fsp3) is 0.412. The largest absolute Gasteiger partial charge is 0.380 e. The molecule has 3 rings (SSSR count). The maximum absolute atomic E-state index is 12.7. The summed E-state index contributed by atoms with van der Waals surface area (Å²) in [6.07, 6.45) is 3.99. The van der Waals surface area contributed by atoms with E-state index in [4.69, 9.17) is 4.74 Å². The molecule has 1 aromatic carbocycles. The Hall–Kier alpha value is -1.72. The number of hydrogen-bond donors (Lipinski definition) is 0. The maximum Gasteiger partial charge on any atom is 0.253 e. The first-order valence-corrected chi connectivity index (χ1v) is 8.42. The summed E-state index contributed by atoms with van der Waals surface area (Å²) in [5.41, 5.74) is 1.77. The molecule has 1 atom stereocenters. The van der Waals surface area contributed by atoms with Gasteiger partial charge in [0.25, 0.3) is 5.91 Å². The van der Waals surface area contributed by atoms with Crippen LogP contribution in [0.25, 0.3) is 0 Å². The van der Waals surface area contributed by atoms with Crippen LogP contribution in [0.4, 0.5) is 0 Å². The third kappa shape index (κ3) is 3.36. The molecule has 1 saturated heterocycles. The van der Waals surface area contributed by atoms with Crippen LogP contribution in [0.2, 0.25) is 0 Å². The molecular formula is C17H20N2O2S. The molecule has 2 aromatic rings. The standard InChI is InChI=1S/C17H20N2O2S/c1-21-12-13-4-2-5-14(10-13)17(20)19-8-3-6-15(11-19)16-18-7-9-22-16/h2,4-5,7,9-10,15H,3,6,8,11-12H2,1H3/t15-/m1/s1. The minimum Gasteiger partial charge on any atom is -0.380 e. The zero-order chi connectivity index (χ0) is 15.4. The van der Waals surface area contributed by atoms with E-state index >= 15 is 0 Å². The summed E-state index contributed by atoms with van der Waals surface area (Å²) in [6, 6.07) is 7.71. The number of piperidine rings is 1. The van der Waals surface area contributed by atoms with Gasteiger partial charge < -0.3 is 9.64 Å². The summed E-state index contributed by atoms with van der Waals surface area (Å²) in [5, 5.41) is 3.15. The van der Waals surface area contributed by atoms with Gasteiger partial charge in [0.1, 0.15) is 0 Å². The SMILES string of the molecule is COCc1cccc(C(=O)N2CCC[C@@H](c3nccs3)C2)c1. The summed E-state index contributed by atoms with van der Waals surface area (Å²) < 4.78 is 5.14. The molecule has 0 N–H and O–H groups in total. The predicted molar refractivity (Wildman–Crippen MR) is 87.1 cm³/mol. The van der Waals surface area contributed by atoms with Crippen molar-refractivity contribution in [3.63, 3.8) is 0 Å². The van der Waals surface area contributed by atoms with Crippen molar-refractivity contribution in [1.82, 2.24) is 9.88 Å². The van der Waals surface area contributed by atoms with Crippen LogP contribution in [0.3, 0.4) is 0 Å². The third-order valence-corrected chi connectivity index (χ3v) is 4.93. The lowest BCUT2D eigenvalue weighted by Gasteiger charge is -2.32. The van der Waals surface area contributed by atoms with Crippen LogP contribution in [-0.2, 0) is 11.3 Å². The Morgan fingerprint density at radius 3 is 3.18 bits per heavy atom. The van der Waals surface area contributed by atoms with E-state index in [0.29, 0.717) is 12.5 Å². The first-order valence-electron chi connectivity index (χ1n) is 7.54. The number of rotatable bonds is 4. The summed E-state index contributed by atoms with van der Waals surface area (Å²) in [5.74, 6) is 0.485. The minimum absolute atomic E-state index is 0.110.